The number of aromatic nitrogens is 2. The lowest BCUT2D eigenvalue weighted by molar-refractivity contribution is 0.920. The van der Waals surface area contributed by atoms with Crippen molar-refractivity contribution >= 4 is 5.52 Å². The predicted molar refractivity (Wildman–Crippen MR) is 47.8 cm³/mol. The topological polar surface area (TPSA) is 43.3 Å². The molecule has 0 saturated carbocycles. The van der Waals surface area contributed by atoms with E-state index in [1.54, 1.807) is 0 Å². The molecule has 2 heterocycles. The van der Waals surface area contributed by atoms with Crippen LogP contribution in [-0.2, 0) is 6.54 Å². The van der Waals surface area contributed by atoms with Gasteiger partial charge in [-0.15, -0.1) is 0 Å². The molecule has 0 unspecified atom stereocenters. The average Bonchev–Trinajstić information content (AvgIpc) is 2.44. The number of nitrogens with zero attached hydrogens (tertiary/aromatic N) is 2. The van der Waals surface area contributed by atoms with Crippen LogP contribution in [0, 0.1) is 6.92 Å². The number of pyridine rings is 1. The zero-order valence-electron chi connectivity index (χ0n) is 6.99. The van der Waals surface area contributed by atoms with Gasteiger partial charge in [0.25, 0.3) is 0 Å². The quantitative estimate of drug-likeness (QED) is 0.680. The molecule has 2 rings (SSSR count). The van der Waals surface area contributed by atoms with Crippen molar-refractivity contribution < 1.29 is 0 Å². The van der Waals surface area contributed by atoms with Gasteiger partial charge in [0.1, 0.15) is 0 Å². The van der Waals surface area contributed by atoms with Gasteiger partial charge in [-0.1, -0.05) is 6.07 Å². The van der Waals surface area contributed by atoms with Gasteiger partial charge in [-0.25, -0.2) is 4.52 Å². The highest BCUT2D eigenvalue weighted by atomic mass is 15.2. The monoisotopic (exact) mass is 161 g/mol. The van der Waals surface area contributed by atoms with Crippen LogP contribution >= 0.6 is 0 Å². The van der Waals surface area contributed by atoms with Crippen LogP contribution in [0.3, 0.4) is 0 Å². The van der Waals surface area contributed by atoms with Gasteiger partial charge in [-0.05, 0) is 24.6 Å². The lowest BCUT2D eigenvalue weighted by atomic mass is 10.2. The van der Waals surface area contributed by atoms with Crippen LogP contribution in [0.4, 0.5) is 0 Å². The zero-order chi connectivity index (χ0) is 8.55. The van der Waals surface area contributed by atoms with E-state index in [4.69, 9.17) is 5.73 Å². The van der Waals surface area contributed by atoms with Crippen LogP contribution in [0.1, 0.15) is 11.3 Å². The Morgan fingerprint density at radius 3 is 3.17 bits per heavy atom. The highest BCUT2D eigenvalue weighted by molar-refractivity contribution is 5.54. The molecule has 0 aliphatic rings. The molecule has 3 nitrogen and oxygen atoms in total. The Balaban J connectivity index is 2.78. The number of rotatable bonds is 1. The van der Waals surface area contributed by atoms with E-state index >= 15 is 0 Å². The summed E-state index contributed by atoms with van der Waals surface area (Å²) in [5.41, 5.74) is 8.85. The fraction of sp³-hybridized carbons (Fsp3) is 0.222. The van der Waals surface area contributed by atoms with Crippen molar-refractivity contribution in [3.8, 4) is 0 Å². The van der Waals surface area contributed by atoms with Crippen molar-refractivity contribution in [3.05, 3.63) is 35.7 Å². The minimum atomic E-state index is 0.565. The van der Waals surface area contributed by atoms with Gasteiger partial charge in [0.2, 0.25) is 0 Å². The summed E-state index contributed by atoms with van der Waals surface area (Å²) in [4.78, 5) is 0. The number of hydrogen-bond acceptors (Lipinski definition) is 2. The number of hydrogen-bond donors (Lipinski definition) is 1. The third kappa shape index (κ3) is 0.987. The standard InChI is InChI=1S/C9H11N3/c1-7-5-9-8(6-10)3-2-4-12(9)11-7/h2-5H,6,10H2,1H3. The fourth-order valence-corrected chi connectivity index (χ4v) is 1.37. The maximum absolute atomic E-state index is 5.58. The Hall–Kier alpha value is -1.35. The summed E-state index contributed by atoms with van der Waals surface area (Å²) >= 11 is 0. The predicted octanol–water partition coefficient (Wildman–Crippen LogP) is 1.10. The van der Waals surface area contributed by atoms with Gasteiger partial charge in [-0.3, -0.25) is 0 Å². The summed E-state index contributed by atoms with van der Waals surface area (Å²) in [5, 5.41) is 4.28. The smallest absolute Gasteiger partial charge is 0.0709 e. The third-order valence-corrected chi connectivity index (χ3v) is 1.93. The van der Waals surface area contributed by atoms with E-state index in [1.165, 1.54) is 0 Å². The van der Waals surface area contributed by atoms with Gasteiger partial charge < -0.3 is 5.73 Å². The van der Waals surface area contributed by atoms with Gasteiger partial charge in [0, 0.05) is 12.7 Å². The number of aryl methyl sites for hydroxylation is 1. The molecule has 0 aliphatic heterocycles. The van der Waals surface area contributed by atoms with E-state index in [9.17, 15) is 0 Å². The molecule has 62 valence electrons. The van der Waals surface area contributed by atoms with Gasteiger partial charge in [-0.2, -0.15) is 5.10 Å². The molecule has 0 atom stereocenters. The van der Waals surface area contributed by atoms with Crippen LogP contribution < -0.4 is 5.73 Å². The molecular formula is C9H11N3. The first-order chi connectivity index (χ1) is 5.81. The SMILES string of the molecule is Cc1cc2c(CN)cccn2n1. The van der Waals surface area contributed by atoms with Gasteiger partial charge >= 0.3 is 0 Å². The van der Waals surface area contributed by atoms with E-state index in [0.29, 0.717) is 6.54 Å². The van der Waals surface area contributed by atoms with Crippen LogP contribution in [-0.4, -0.2) is 9.61 Å². The highest BCUT2D eigenvalue weighted by Crippen LogP contribution is 2.10. The van der Waals surface area contributed by atoms with Crippen molar-refractivity contribution in [2.45, 2.75) is 13.5 Å². The van der Waals surface area contributed by atoms with Crippen LogP contribution in [0.15, 0.2) is 24.4 Å². The van der Waals surface area contributed by atoms with Crippen molar-refractivity contribution in [1.82, 2.24) is 9.61 Å². The second kappa shape index (κ2) is 2.60. The molecule has 0 radical (unpaired) electrons. The summed E-state index contributed by atoms with van der Waals surface area (Å²) in [7, 11) is 0. The molecule has 2 aromatic rings. The number of fused-ring (bicyclic) bond motifs is 1. The first kappa shape index (κ1) is 7.31. The molecule has 0 amide bonds. The normalized spacial score (nSPS) is 10.8. The van der Waals surface area contributed by atoms with E-state index in [1.807, 2.05) is 35.8 Å². The van der Waals surface area contributed by atoms with Gasteiger partial charge in [0.15, 0.2) is 0 Å². The maximum atomic E-state index is 5.58. The first-order valence-electron chi connectivity index (χ1n) is 3.95. The molecule has 0 saturated heterocycles. The summed E-state index contributed by atoms with van der Waals surface area (Å²) in [5.74, 6) is 0. The zero-order valence-corrected chi connectivity index (χ0v) is 6.99. The molecule has 2 aromatic heterocycles. The lowest BCUT2D eigenvalue weighted by Gasteiger charge is -1.98. The molecule has 0 bridgehead atoms. The first-order valence-corrected chi connectivity index (χ1v) is 3.95. The molecule has 0 aromatic carbocycles. The largest absolute Gasteiger partial charge is 0.326 e. The minimum Gasteiger partial charge on any atom is -0.326 e. The second-order valence-electron chi connectivity index (χ2n) is 2.85. The molecule has 3 heteroatoms. The van der Waals surface area contributed by atoms with Crippen molar-refractivity contribution in [1.29, 1.82) is 0 Å². The Morgan fingerprint density at radius 1 is 1.58 bits per heavy atom. The Kier molecular flexibility index (Phi) is 1.59. The van der Waals surface area contributed by atoms with Crippen LogP contribution in [0.2, 0.25) is 0 Å². The molecule has 0 fully saturated rings. The Morgan fingerprint density at radius 2 is 2.42 bits per heavy atom. The van der Waals surface area contributed by atoms with E-state index in [0.717, 1.165) is 16.8 Å². The summed E-state index contributed by atoms with van der Waals surface area (Å²) in [6.45, 7) is 2.54. The highest BCUT2D eigenvalue weighted by Gasteiger charge is 2.00. The summed E-state index contributed by atoms with van der Waals surface area (Å²) < 4.78 is 1.86. The average molecular weight is 161 g/mol. The molecule has 0 spiro atoms. The van der Waals surface area contributed by atoms with E-state index in [2.05, 4.69) is 5.10 Å². The van der Waals surface area contributed by atoms with Crippen molar-refractivity contribution in [3.63, 3.8) is 0 Å². The molecule has 12 heavy (non-hydrogen) atoms. The molecular weight excluding hydrogens is 150 g/mol. The molecule has 0 aliphatic carbocycles. The van der Waals surface area contributed by atoms with E-state index in [-0.39, 0.29) is 0 Å². The minimum absolute atomic E-state index is 0.565. The van der Waals surface area contributed by atoms with Crippen molar-refractivity contribution in [2.24, 2.45) is 5.73 Å². The molecule has 2 N–H and O–H groups in total. The third-order valence-electron chi connectivity index (χ3n) is 1.93. The van der Waals surface area contributed by atoms with Crippen molar-refractivity contribution in [2.75, 3.05) is 0 Å². The van der Waals surface area contributed by atoms with E-state index < -0.39 is 0 Å². The van der Waals surface area contributed by atoms with Crippen LogP contribution in [0.25, 0.3) is 5.52 Å². The van der Waals surface area contributed by atoms with Gasteiger partial charge in [0.05, 0.1) is 11.2 Å². The number of nitrogens with two attached hydrogens (primary N) is 1. The fourth-order valence-electron chi connectivity index (χ4n) is 1.37. The maximum Gasteiger partial charge on any atom is 0.0709 e. The van der Waals surface area contributed by atoms with Crippen LogP contribution in [0.5, 0.6) is 0 Å². The second-order valence-corrected chi connectivity index (χ2v) is 2.85. The Bertz CT molecular complexity index is 403. The lowest BCUT2D eigenvalue weighted by Crippen LogP contribution is -1.99. The summed E-state index contributed by atoms with van der Waals surface area (Å²) in [6, 6.07) is 6.03. The Labute approximate surface area is 70.8 Å². The summed E-state index contributed by atoms with van der Waals surface area (Å²) in [6.07, 6.45) is 1.93.